The van der Waals surface area contributed by atoms with Crippen LogP contribution >= 0.6 is 23.2 Å². The Labute approximate surface area is 152 Å². The number of nitrogens with zero attached hydrogens (tertiary/aromatic N) is 3. The van der Waals surface area contributed by atoms with Crippen LogP contribution in [-0.2, 0) is 0 Å². The van der Waals surface area contributed by atoms with Crippen LogP contribution in [0.15, 0.2) is 63.6 Å². The highest BCUT2D eigenvalue weighted by atomic mass is 35.5. The predicted molar refractivity (Wildman–Crippen MR) is 99.6 cm³/mol. The third kappa shape index (κ3) is 4.14. The van der Waals surface area contributed by atoms with Gasteiger partial charge in [0.05, 0.1) is 15.7 Å². The summed E-state index contributed by atoms with van der Waals surface area (Å²) in [4.78, 5) is 18.6. The van der Waals surface area contributed by atoms with Crippen LogP contribution in [0.1, 0.15) is 0 Å². The van der Waals surface area contributed by atoms with Crippen LogP contribution in [0, 0.1) is 0 Å². The van der Waals surface area contributed by atoms with Crippen molar-refractivity contribution >= 4 is 52.0 Å². The summed E-state index contributed by atoms with van der Waals surface area (Å²) >= 11 is 11.9. The van der Waals surface area contributed by atoms with Gasteiger partial charge in [-0.05, 0) is 30.3 Å². The second-order valence-corrected chi connectivity index (χ2v) is 5.75. The molecule has 126 valence electrons. The van der Waals surface area contributed by atoms with E-state index in [1.807, 2.05) is 18.2 Å². The lowest BCUT2D eigenvalue weighted by Crippen LogP contribution is -2.13. The zero-order chi connectivity index (χ0) is 17.8. The lowest BCUT2D eigenvalue weighted by Gasteiger charge is -2.09. The minimum Gasteiger partial charge on any atom is -0.369 e. The average Bonchev–Trinajstić information content (AvgIpc) is 2.58. The molecule has 0 radical (unpaired) electrons. The quantitative estimate of drug-likeness (QED) is 0.568. The van der Waals surface area contributed by atoms with Crippen LogP contribution < -0.4 is 16.6 Å². The number of aromatic nitrogens is 2. The Balaban J connectivity index is 1.99. The highest BCUT2D eigenvalue weighted by molar-refractivity contribution is 6.42. The number of hydrogen-bond donors (Lipinski definition) is 3. The first-order valence-electron chi connectivity index (χ1n) is 7.11. The van der Waals surface area contributed by atoms with Crippen LogP contribution in [0.5, 0.6) is 0 Å². The van der Waals surface area contributed by atoms with E-state index < -0.39 is 5.56 Å². The number of halogens is 2. The number of nitrogens with one attached hydrogen (secondary N) is 2. The lowest BCUT2D eigenvalue weighted by atomic mass is 10.3. The van der Waals surface area contributed by atoms with Gasteiger partial charge in [0.25, 0.3) is 5.56 Å². The van der Waals surface area contributed by atoms with E-state index in [0.29, 0.717) is 21.4 Å². The summed E-state index contributed by atoms with van der Waals surface area (Å²) in [6.07, 6.45) is 0. The monoisotopic (exact) mass is 374 g/mol. The van der Waals surface area contributed by atoms with Gasteiger partial charge in [-0.3, -0.25) is 9.78 Å². The molecule has 3 aromatic rings. The van der Waals surface area contributed by atoms with Crippen molar-refractivity contribution in [1.29, 1.82) is 0 Å². The van der Waals surface area contributed by atoms with E-state index in [4.69, 9.17) is 28.9 Å². The molecule has 1 heterocycles. The molecule has 3 rings (SSSR count). The van der Waals surface area contributed by atoms with Crippen LogP contribution in [0.25, 0.3) is 0 Å². The molecule has 0 bridgehead atoms. The molecule has 0 saturated heterocycles. The van der Waals surface area contributed by atoms with Gasteiger partial charge in [0.15, 0.2) is 11.5 Å². The van der Waals surface area contributed by atoms with Crippen LogP contribution in [-0.4, -0.2) is 9.97 Å². The van der Waals surface area contributed by atoms with Crippen LogP contribution in [0.2, 0.25) is 10.0 Å². The SMILES string of the molecule is Nc1nc(Nc2ccc(Cl)c(Cl)c2)c(N=Nc2ccccc2)c(=O)[nH]1. The van der Waals surface area contributed by atoms with Gasteiger partial charge < -0.3 is 11.1 Å². The maximum atomic E-state index is 12.2. The normalized spacial score (nSPS) is 11.0. The Morgan fingerprint density at radius 3 is 2.52 bits per heavy atom. The van der Waals surface area contributed by atoms with E-state index >= 15 is 0 Å². The Hall–Kier alpha value is -2.90. The number of anilines is 3. The molecule has 0 aliphatic heterocycles. The molecule has 7 nitrogen and oxygen atoms in total. The van der Waals surface area contributed by atoms with Gasteiger partial charge in [0, 0.05) is 5.69 Å². The highest BCUT2D eigenvalue weighted by Gasteiger charge is 2.11. The Kier molecular flexibility index (Phi) is 4.97. The largest absolute Gasteiger partial charge is 0.369 e. The summed E-state index contributed by atoms with van der Waals surface area (Å²) < 4.78 is 0. The lowest BCUT2D eigenvalue weighted by molar-refractivity contribution is 1.09. The first-order chi connectivity index (χ1) is 12.0. The van der Waals surface area contributed by atoms with Gasteiger partial charge in [-0.1, -0.05) is 41.4 Å². The number of azo groups is 1. The molecule has 0 unspecified atom stereocenters. The molecule has 9 heteroatoms. The van der Waals surface area contributed by atoms with Crippen molar-refractivity contribution in [2.75, 3.05) is 11.1 Å². The first-order valence-corrected chi connectivity index (χ1v) is 7.87. The Morgan fingerprint density at radius 2 is 1.80 bits per heavy atom. The van der Waals surface area contributed by atoms with E-state index in [2.05, 4.69) is 25.5 Å². The fourth-order valence-corrected chi connectivity index (χ4v) is 2.28. The molecule has 0 atom stereocenters. The molecule has 1 aromatic heterocycles. The fourth-order valence-electron chi connectivity index (χ4n) is 1.98. The number of H-pyrrole nitrogens is 1. The molecule has 0 spiro atoms. The summed E-state index contributed by atoms with van der Waals surface area (Å²) in [6.45, 7) is 0. The fraction of sp³-hybridized carbons (Fsp3) is 0. The molecule has 0 amide bonds. The molecular weight excluding hydrogens is 363 g/mol. The smallest absolute Gasteiger partial charge is 0.282 e. The van der Waals surface area contributed by atoms with Crippen molar-refractivity contribution in [3.63, 3.8) is 0 Å². The predicted octanol–water partition coefficient (Wildman–Crippen LogP) is 4.82. The Morgan fingerprint density at radius 1 is 1.04 bits per heavy atom. The minimum atomic E-state index is -0.519. The van der Waals surface area contributed by atoms with Crippen LogP contribution in [0.4, 0.5) is 28.8 Å². The number of rotatable bonds is 4. The third-order valence-corrected chi connectivity index (χ3v) is 3.86. The van der Waals surface area contributed by atoms with E-state index in [1.165, 1.54) is 0 Å². The van der Waals surface area contributed by atoms with Gasteiger partial charge in [-0.2, -0.15) is 10.1 Å². The number of hydrogen-bond acceptors (Lipinski definition) is 6. The summed E-state index contributed by atoms with van der Waals surface area (Å²) in [7, 11) is 0. The highest BCUT2D eigenvalue weighted by Crippen LogP contribution is 2.29. The van der Waals surface area contributed by atoms with Crippen molar-refractivity contribution < 1.29 is 0 Å². The zero-order valence-electron chi connectivity index (χ0n) is 12.7. The van der Waals surface area contributed by atoms with E-state index in [1.54, 1.807) is 30.3 Å². The first kappa shape index (κ1) is 16.9. The van der Waals surface area contributed by atoms with Crippen molar-refractivity contribution in [1.82, 2.24) is 9.97 Å². The van der Waals surface area contributed by atoms with Gasteiger partial charge in [0.1, 0.15) is 0 Å². The number of nitrogens with two attached hydrogens (primary N) is 1. The van der Waals surface area contributed by atoms with Gasteiger partial charge in [-0.15, -0.1) is 5.11 Å². The molecular formula is C16H12Cl2N6O. The molecule has 0 fully saturated rings. The molecule has 25 heavy (non-hydrogen) atoms. The third-order valence-electron chi connectivity index (χ3n) is 3.12. The summed E-state index contributed by atoms with van der Waals surface area (Å²) in [5.41, 5.74) is 6.26. The molecule has 0 aliphatic rings. The maximum absolute atomic E-state index is 12.2. The van der Waals surface area contributed by atoms with Gasteiger partial charge >= 0.3 is 0 Å². The van der Waals surface area contributed by atoms with Gasteiger partial charge in [0.2, 0.25) is 5.95 Å². The molecule has 4 N–H and O–H groups in total. The molecule has 0 aliphatic carbocycles. The molecule has 2 aromatic carbocycles. The standard InChI is InChI=1S/C16H12Cl2N6O/c17-11-7-6-10(8-12(11)18)20-14-13(15(25)22-16(19)21-14)24-23-9-4-2-1-3-5-9/h1-8H,(H4,19,20,21,22,25). The van der Waals surface area contributed by atoms with Crippen molar-refractivity contribution in [2.24, 2.45) is 10.2 Å². The summed E-state index contributed by atoms with van der Waals surface area (Å²) in [6, 6.07) is 13.9. The number of nitrogen functional groups attached to an aromatic ring is 1. The summed E-state index contributed by atoms with van der Waals surface area (Å²) in [5, 5.41) is 11.8. The van der Waals surface area contributed by atoms with Crippen molar-refractivity contribution in [3.05, 3.63) is 68.9 Å². The van der Waals surface area contributed by atoms with E-state index in [-0.39, 0.29) is 17.5 Å². The second kappa shape index (κ2) is 7.33. The second-order valence-electron chi connectivity index (χ2n) is 4.94. The van der Waals surface area contributed by atoms with Crippen molar-refractivity contribution in [3.8, 4) is 0 Å². The van der Waals surface area contributed by atoms with Crippen molar-refractivity contribution in [2.45, 2.75) is 0 Å². The number of benzene rings is 2. The topological polar surface area (TPSA) is 109 Å². The van der Waals surface area contributed by atoms with E-state index in [0.717, 1.165) is 0 Å². The van der Waals surface area contributed by atoms with Gasteiger partial charge in [-0.25, -0.2) is 0 Å². The number of aromatic amines is 1. The Bertz CT molecular complexity index is 988. The maximum Gasteiger partial charge on any atom is 0.282 e. The minimum absolute atomic E-state index is 0.0101. The average molecular weight is 375 g/mol. The zero-order valence-corrected chi connectivity index (χ0v) is 14.2. The molecule has 0 saturated carbocycles. The summed E-state index contributed by atoms with van der Waals surface area (Å²) in [5.74, 6) is 0.102. The van der Waals surface area contributed by atoms with Crippen LogP contribution in [0.3, 0.4) is 0 Å². The van der Waals surface area contributed by atoms with E-state index in [9.17, 15) is 4.79 Å².